The lowest BCUT2D eigenvalue weighted by molar-refractivity contribution is 0.411. The molecule has 4 heterocycles. The van der Waals surface area contributed by atoms with Gasteiger partial charge < -0.3 is 18.9 Å². The molecule has 4 nitrogen and oxygen atoms in total. The summed E-state index contributed by atoms with van der Waals surface area (Å²) in [5.41, 5.74) is 17.9. The Hall–Kier alpha value is -7.76. The highest BCUT2D eigenvalue weighted by molar-refractivity contribution is 7.00. The second kappa shape index (κ2) is 21.9. The van der Waals surface area contributed by atoms with Crippen molar-refractivity contribution >= 4 is 101 Å². The number of benzene rings is 9. The first-order valence-electron chi connectivity index (χ1n) is 37.5. The summed E-state index contributed by atoms with van der Waals surface area (Å²) in [4.78, 5) is 5.00. The Balaban J connectivity index is 1.13. The molecule has 0 radical (unpaired) electrons. The zero-order valence-electron chi connectivity index (χ0n) is 66.7. The van der Waals surface area contributed by atoms with Crippen LogP contribution in [0.1, 0.15) is 195 Å². The zero-order chi connectivity index (χ0) is 72.9. The van der Waals surface area contributed by atoms with Crippen molar-refractivity contribution in [3.63, 3.8) is 0 Å². The van der Waals surface area contributed by atoms with Gasteiger partial charge >= 0.3 is 0 Å². The van der Waals surface area contributed by atoms with Gasteiger partial charge in [-0.05, 0) is 234 Å². The molecule has 9 aromatic carbocycles. The zero-order valence-corrected chi connectivity index (χ0v) is 58.7. The van der Waals surface area contributed by atoms with Crippen LogP contribution in [-0.2, 0) is 42.7 Å². The topological polar surface area (TPSA) is 16.3 Å². The Labute approximate surface area is 563 Å². The van der Waals surface area contributed by atoms with E-state index in [0.29, 0.717) is 22.3 Å². The third-order valence-corrected chi connectivity index (χ3v) is 17.9. The quantitative estimate of drug-likeness (QED) is 0.134. The van der Waals surface area contributed by atoms with Gasteiger partial charge in [-0.3, -0.25) is 0 Å². The highest BCUT2D eigenvalue weighted by Gasteiger charge is 2.44. The van der Waals surface area contributed by atoms with Crippen molar-refractivity contribution in [2.75, 3.05) is 9.80 Å². The molecule has 5 heteroatoms. The molecule has 2 aliphatic rings. The predicted octanol–water partition coefficient (Wildman–Crippen LogP) is 22.5. The first kappa shape index (κ1) is 53.7. The van der Waals surface area contributed by atoms with Crippen LogP contribution in [0.15, 0.2) is 170 Å². The van der Waals surface area contributed by atoms with Crippen LogP contribution in [0.4, 0.5) is 34.1 Å². The van der Waals surface area contributed by atoms with Crippen molar-refractivity contribution in [1.82, 2.24) is 9.13 Å². The van der Waals surface area contributed by atoms with Gasteiger partial charge in [-0.2, -0.15) is 0 Å². The van der Waals surface area contributed by atoms with Gasteiger partial charge in [-0.1, -0.05) is 206 Å². The average molecular weight is 1220 g/mol. The minimum Gasteiger partial charge on any atom is -0.311 e. The molecule has 0 bridgehead atoms. The maximum Gasteiger partial charge on any atom is 0.252 e. The molecule has 0 spiro atoms. The van der Waals surface area contributed by atoms with Crippen LogP contribution in [0.3, 0.4) is 0 Å². The van der Waals surface area contributed by atoms with Crippen LogP contribution in [0.25, 0.3) is 55.0 Å². The molecule has 472 valence electrons. The normalized spacial score (nSPS) is 16.0. The summed E-state index contributed by atoms with van der Waals surface area (Å²) in [5.74, 6) is 0. The van der Waals surface area contributed by atoms with Crippen LogP contribution >= 0.6 is 0 Å². The number of hydrogen-bond donors (Lipinski definition) is 0. The summed E-state index contributed by atoms with van der Waals surface area (Å²) in [6.45, 7) is 43.5. The molecular formula is C87H101BN4. The number of fused-ring (bicyclic) bond motifs is 10. The van der Waals surface area contributed by atoms with E-state index in [9.17, 15) is 11.0 Å². The molecule has 0 atom stereocenters. The molecule has 0 fully saturated rings. The van der Waals surface area contributed by atoms with Crippen molar-refractivity contribution in [2.24, 2.45) is 27.1 Å². The Morgan fingerprint density at radius 3 is 0.859 bits per heavy atom. The van der Waals surface area contributed by atoms with Gasteiger partial charge in [0.15, 0.2) is 0 Å². The monoisotopic (exact) mass is 1220 g/mol. The summed E-state index contributed by atoms with van der Waals surface area (Å²) < 4.78 is 80.9. The molecule has 13 rings (SSSR count). The van der Waals surface area contributed by atoms with Crippen molar-refractivity contribution in [3.8, 4) is 11.4 Å². The standard InChI is InChI=1S/C87H101BN4/c1-81(2,3)50-55-22-38-72-66(42-55)67-43-56(51-82(4,5)6)23-39-73(67)91(72)64-34-36-70-76(48-64)89(62-30-26-60(27-31-62)86(16,17)18)78-46-59(54-85(13,14)15)47-79-80(78)88(70)71-37-35-65(49-77(71)90(79)63-32-28-61(29-33-63)87(19,20)21)92-74-40-24-57(52-83(7,8)9)44-68(74)69-45-58(25-41-75(69)92)53-84(10,11)12/h22-49H,50-54H2,1-21H3/i50D2,51D2,52D2,53D2. The number of nitrogens with zero attached hydrogens (tertiary/aromatic N) is 4. The molecule has 2 aliphatic heterocycles. The van der Waals surface area contributed by atoms with Gasteiger partial charge in [-0.25, -0.2) is 0 Å². The van der Waals surface area contributed by atoms with E-state index in [-0.39, 0.29) is 23.0 Å². The average Bonchev–Trinajstić information content (AvgIpc) is 0.845. The number of aromatic nitrogens is 2. The summed E-state index contributed by atoms with van der Waals surface area (Å²) in [5, 5.41) is 3.42. The van der Waals surface area contributed by atoms with Gasteiger partial charge in [0.1, 0.15) is 0 Å². The highest BCUT2D eigenvalue weighted by atomic mass is 15.2. The van der Waals surface area contributed by atoms with Gasteiger partial charge in [-0.15, -0.1) is 0 Å². The fourth-order valence-corrected chi connectivity index (χ4v) is 14.4. The van der Waals surface area contributed by atoms with E-state index in [1.165, 1.54) is 22.2 Å². The molecule has 0 N–H and O–H groups in total. The fraction of sp³-hybridized carbons (Fsp3) is 0.379. The van der Waals surface area contributed by atoms with Gasteiger partial charge in [0, 0.05) is 78.0 Å². The van der Waals surface area contributed by atoms with Crippen LogP contribution < -0.4 is 26.2 Å². The van der Waals surface area contributed by atoms with Gasteiger partial charge in [0.05, 0.1) is 22.1 Å². The Kier molecular flexibility index (Phi) is 12.8. The Bertz CT molecular complexity index is 4620. The lowest BCUT2D eigenvalue weighted by Gasteiger charge is -2.45. The van der Waals surface area contributed by atoms with Crippen LogP contribution in [0.2, 0.25) is 0 Å². The van der Waals surface area contributed by atoms with E-state index in [2.05, 4.69) is 203 Å². The van der Waals surface area contributed by atoms with Crippen LogP contribution in [-0.4, -0.2) is 15.8 Å². The largest absolute Gasteiger partial charge is 0.311 e. The second-order valence-corrected chi connectivity index (χ2v) is 34.1. The predicted molar refractivity (Wildman–Crippen MR) is 402 cm³/mol. The van der Waals surface area contributed by atoms with Gasteiger partial charge in [0.25, 0.3) is 6.71 Å². The number of anilines is 6. The molecule has 0 unspecified atom stereocenters. The van der Waals surface area contributed by atoms with Crippen molar-refractivity contribution in [2.45, 2.75) is 188 Å². The van der Waals surface area contributed by atoms with E-state index in [0.717, 1.165) is 106 Å². The first-order chi connectivity index (χ1) is 46.0. The van der Waals surface area contributed by atoms with Crippen molar-refractivity contribution in [3.05, 3.63) is 209 Å². The summed E-state index contributed by atoms with van der Waals surface area (Å²) >= 11 is 0. The van der Waals surface area contributed by atoms with Gasteiger partial charge in [0.2, 0.25) is 0 Å². The summed E-state index contributed by atoms with van der Waals surface area (Å²) in [6, 6.07) is 61.1. The third-order valence-electron chi connectivity index (χ3n) is 17.9. The summed E-state index contributed by atoms with van der Waals surface area (Å²) in [6.07, 6.45) is -5.94. The molecule has 0 aliphatic carbocycles. The lowest BCUT2D eigenvalue weighted by Crippen LogP contribution is -2.61. The van der Waals surface area contributed by atoms with E-state index in [1.54, 1.807) is 0 Å². The maximum atomic E-state index is 9.54. The Morgan fingerprint density at radius 2 is 0.587 bits per heavy atom. The number of rotatable bonds is 9. The minimum absolute atomic E-state index is 0.0946. The second-order valence-electron chi connectivity index (χ2n) is 34.1. The molecule has 0 saturated carbocycles. The molecule has 92 heavy (non-hydrogen) atoms. The minimum atomic E-state index is -1.68. The first-order valence-corrected chi connectivity index (χ1v) is 33.5. The molecule has 2 aromatic heterocycles. The maximum absolute atomic E-state index is 9.54. The molecule has 0 saturated heterocycles. The Morgan fingerprint density at radius 1 is 0.293 bits per heavy atom. The molecule has 0 amide bonds. The third kappa shape index (κ3) is 12.2. The van der Waals surface area contributed by atoms with Crippen LogP contribution in [0, 0.1) is 27.1 Å². The highest BCUT2D eigenvalue weighted by Crippen LogP contribution is 2.48. The SMILES string of the molecule is [2H]C([2H])(c1ccc2c(c1)c1cc(C([2H])([2H])C(C)(C)C)ccc1n2-c1ccc2c(c1)N(c1ccc(C(C)(C)C)cc1)c1cc(CC(C)(C)C)cc3c1B2c1ccc(-n2c4ccc(C([2H])([2H])C(C)(C)C)cc4c4cc(C([2H])([2H])C(C)(C)C)ccc42)cc1N3c1ccc(C(C)(C)C)cc1)C(C)(C)C. The molecular weight excluding hydrogens is 1110 g/mol. The smallest absolute Gasteiger partial charge is 0.252 e. The van der Waals surface area contributed by atoms with Crippen LogP contribution in [0.5, 0.6) is 0 Å². The van der Waals surface area contributed by atoms with E-state index < -0.39 is 47.2 Å². The lowest BCUT2D eigenvalue weighted by atomic mass is 9.33. The van der Waals surface area contributed by atoms with E-state index in [1.807, 2.05) is 132 Å². The van der Waals surface area contributed by atoms with Crippen molar-refractivity contribution in [1.29, 1.82) is 0 Å². The van der Waals surface area contributed by atoms with E-state index >= 15 is 0 Å². The molecule has 11 aromatic rings. The summed E-state index contributed by atoms with van der Waals surface area (Å²) in [7, 11) is 0. The fourth-order valence-electron chi connectivity index (χ4n) is 14.4. The van der Waals surface area contributed by atoms with Crippen molar-refractivity contribution < 1.29 is 11.0 Å². The van der Waals surface area contributed by atoms with E-state index in [4.69, 9.17) is 0 Å². The number of hydrogen-bond acceptors (Lipinski definition) is 2.